The molecule has 2 rings (SSSR count). The Morgan fingerprint density at radius 3 is 2.67 bits per heavy atom. The molecule has 21 heavy (non-hydrogen) atoms. The van der Waals surface area contributed by atoms with Crippen molar-refractivity contribution < 1.29 is 10.0 Å². The fourth-order valence-electron chi connectivity index (χ4n) is 2.49. The van der Waals surface area contributed by atoms with Gasteiger partial charge in [-0.2, -0.15) is 5.10 Å². The molecule has 0 aliphatic carbocycles. The minimum atomic E-state index is -0.639. The van der Waals surface area contributed by atoms with Gasteiger partial charge in [0.15, 0.2) is 0 Å². The van der Waals surface area contributed by atoms with Crippen LogP contribution < -0.4 is 0 Å². The highest BCUT2D eigenvalue weighted by atomic mass is 35.5. The van der Waals surface area contributed by atoms with Gasteiger partial charge in [-0.1, -0.05) is 17.7 Å². The highest BCUT2D eigenvalue weighted by Gasteiger charge is 2.21. The Morgan fingerprint density at radius 2 is 2.14 bits per heavy atom. The van der Waals surface area contributed by atoms with E-state index in [1.54, 1.807) is 30.7 Å². The maximum atomic E-state index is 11.1. The Hall–Kier alpha value is -1.92. The number of aliphatic hydroxyl groups excluding tert-OH is 1. The van der Waals surface area contributed by atoms with Gasteiger partial charge in [-0.3, -0.25) is 14.8 Å². The lowest BCUT2D eigenvalue weighted by Crippen LogP contribution is -2.07. The van der Waals surface area contributed by atoms with Gasteiger partial charge in [0.05, 0.1) is 33.9 Å². The molecule has 1 atom stereocenters. The zero-order chi connectivity index (χ0) is 15.7. The Bertz CT molecular complexity index is 695. The third kappa shape index (κ3) is 2.91. The van der Waals surface area contributed by atoms with Gasteiger partial charge < -0.3 is 5.11 Å². The van der Waals surface area contributed by atoms with Gasteiger partial charge in [0.1, 0.15) is 0 Å². The van der Waals surface area contributed by atoms with Crippen LogP contribution in [0.15, 0.2) is 18.2 Å². The third-order valence-corrected chi connectivity index (χ3v) is 3.81. The number of hydrogen-bond acceptors (Lipinski definition) is 4. The van der Waals surface area contributed by atoms with Crippen LogP contribution in [0.4, 0.5) is 5.69 Å². The van der Waals surface area contributed by atoms with Gasteiger partial charge in [0.2, 0.25) is 0 Å². The first kappa shape index (κ1) is 15.5. The van der Waals surface area contributed by atoms with Crippen LogP contribution in [0.1, 0.15) is 35.5 Å². The monoisotopic (exact) mass is 309 g/mol. The predicted molar refractivity (Wildman–Crippen MR) is 79.5 cm³/mol. The summed E-state index contributed by atoms with van der Waals surface area (Å²) in [5, 5.41) is 25.6. The van der Waals surface area contributed by atoms with Crippen molar-refractivity contribution in [3.05, 3.63) is 55.9 Å². The van der Waals surface area contributed by atoms with Gasteiger partial charge >= 0.3 is 0 Å². The van der Waals surface area contributed by atoms with Crippen molar-refractivity contribution in [2.75, 3.05) is 0 Å². The first-order valence-corrected chi connectivity index (χ1v) is 6.84. The molecule has 1 aromatic heterocycles. The molecule has 1 heterocycles. The third-order valence-electron chi connectivity index (χ3n) is 3.45. The number of halogens is 1. The molecule has 0 bridgehead atoms. The van der Waals surface area contributed by atoms with Crippen LogP contribution in [0.5, 0.6) is 0 Å². The first-order chi connectivity index (χ1) is 9.82. The van der Waals surface area contributed by atoms with E-state index in [1.165, 1.54) is 6.07 Å². The minimum absolute atomic E-state index is 0.0337. The van der Waals surface area contributed by atoms with Crippen LogP contribution in [0.25, 0.3) is 0 Å². The van der Waals surface area contributed by atoms with Crippen molar-refractivity contribution in [2.45, 2.75) is 33.4 Å². The van der Waals surface area contributed by atoms with E-state index < -0.39 is 11.0 Å². The van der Waals surface area contributed by atoms with E-state index in [9.17, 15) is 15.2 Å². The minimum Gasteiger partial charge on any atom is -0.389 e. The lowest BCUT2D eigenvalue weighted by molar-refractivity contribution is -0.385. The molecule has 0 saturated carbocycles. The number of nitro benzene ring substituents is 1. The predicted octanol–water partition coefficient (Wildman–Crippen LogP) is 3.16. The summed E-state index contributed by atoms with van der Waals surface area (Å²) in [5.41, 5.74) is 2.60. The molecule has 0 radical (unpaired) electrons. The second kappa shape index (κ2) is 5.83. The van der Waals surface area contributed by atoms with E-state index in [1.807, 2.05) is 6.92 Å². The number of aryl methyl sites for hydroxylation is 1. The molecule has 112 valence electrons. The van der Waals surface area contributed by atoms with E-state index in [2.05, 4.69) is 5.10 Å². The molecule has 1 unspecified atom stereocenters. The fourth-order valence-corrected chi connectivity index (χ4v) is 2.72. The Morgan fingerprint density at radius 1 is 1.48 bits per heavy atom. The van der Waals surface area contributed by atoms with Gasteiger partial charge in [-0.05, 0) is 26.8 Å². The smallest absolute Gasteiger partial charge is 0.275 e. The summed E-state index contributed by atoms with van der Waals surface area (Å²) < 4.78 is 1.63. The number of aliphatic hydroxyl groups is 1. The number of nitro groups is 1. The van der Waals surface area contributed by atoms with Crippen LogP contribution in [0.3, 0.4) is 0 Å². The largest absolute Gasteiger partial charge is 0.389 e. The highest BCUT2D eigenvalue weighted by molar-refractivity contribution is 6.31. The maximum absolute atomic E-state index is 11.1. The van der Waals surface area contributed by atoms with E-state index >= 15 is 0 Å². The first-order valence-electron chi connectivity index (χ1n) is 6.46. The van der Waals surface area contributed by atoms with Gasteiger partial charge in [0.25, 0.3) is 5.69 Å². The fraction of sp³-hybridized carbons (Fsp3) is 0.357. The molecule has 1 aromatic carbocycles. The molecule has 0 amide bonds. The zero-order valence-electron chi connectivity index (χ0n) is 12.0. The number of hydrogen-bond donors (Lipinski definition) is 1. The van der Waals surface area contributed by atoms with Crippen molar-refractivity contribution >= 4 is 17.3 Å². The number of aromatic nitrogens is 2. The van der Waals surface area contributed by atoms with Crippen molar-refractivity contribution in [1.29, 1.82) is 0 Å². The van der Waals surface area contributed by atoms with Crippen LogP contribution in [-0.2, 0) is 6.54 Å². The number of benzene rings is 1. The topological polar surface area (TPSA) is 81.2 Å². The molecular formula is C14H16ClN3O3. The van der Waals surface area contributed by atoms with Crippen LogP contribution in [0.2, 0.25) is 5.02 Å². The normalized spacial score (nSPS) is 12.4. The van der Waals surface area contributed by atoms with Gasteiger partial charge in [0, 0.05) is 17.3 Å². The molecule has 0 aliphatic heterocycles. The molecule has 0 spiro atoms. The summed E-state index contributed by atoms with van der Waals surface area (Å²) in [4.78, 5) is 10.7. The molecule has 0 aliphatic rings. The quantitative estimate of drug-likeness (QED) is 0.694. The average Bonchev–Trinajstić information content (AvgIpc) is 2.66. The Kier molecular flexibility index (Phi) is 4.29. The van der Waals surface area contributed by atoms with Crippen molar-refractivity contribution in [2.24, 2.45) is 0 Å². The van der Waals surface area contributed by atoms with Crippen LogP contribution in [0, 0.1) is 24.0 Å². The van der Waals surface area contributed by atoms with Crippen molar-refractivity contribution in [3.8, 4) is 0 Å². The Balaban J connectivity index is 2.49. The summed E-state index contributed by atoms with van der Waals surface area (Å²) in [7, 11) is 0. The Labute approximate surface area is 127 Å². The maximum Gasteiger partial charge on any atom is 0.275 e. The summed E-state index contributed by atoms with van der Waals surface area (Å²) in [6.07, 6.45) is -0.639. The molecule has 7 heteroatoms. The van der Waals surface area contributed by atoms with E-state index in [0.717, 1.165) is 11.3 Å². The molecule has 1 N–H and O–H groups in total. The van der Waals surface area contributed by atoms with E-state index in [0.29, 0.717) is 16.3 Å². The van der Waals surface area contributed by atoms with Gasteiger partial charge in [-0.15, -0.1) is 0 Å². The van der Waals surface area contributed by atoms with Crippen molar-refractivity contribution in [3.63, 3.8) is 0 Å². The second-order valence-electron chi connectivity index (χ2n) is 4.91. The van der Waals surface area contributed by atoms with E-state index in [-0.39, 0.29) is 12.2 Å². The average molecular weight is 310 g/mol. The highest BCUT2D eigenvalue weighted by Crippen LogP contribution is 2.29. The van der Waals surface area contributed by atoms with Crippen LogP contribution >= 0.6 is 11.6 Å². The lowest BCUT2D eigenvalue weighted by Gasteiger charge is -2.09. The number of rotatable bonds is 4. The summed E-state index contributed by atoms with van der Waals surface area (Å²) in [6.45, 7) is 5.48. The van der Waals surface area contributed by atoms with Gasteiger partial charge in [-0.25, -0.2) is 0 Å². The molecule has 0 fully saturated rings. The molecule has 6 nitrogen and oxygen atoms in total. The van der Waals surface area contributed by atoms with E-state index in [4.69, 9.17) is 11.6 Å². The molecule has 2 aromatic rings. The molecular weight excluding hydrogens is 294 g/mol. The zero-order valence-corrected chi connectivity index (χ0v) is 12.8. The summed E-state index contributed by atoms with van der Waals surface area (Å²) >= 11 is 6.09. The second-order valence-corrected chi connectivity index (χ2v) is 5.32. The standard InChI is InChI=1S/C14H16ClN3O3/c1-8-14(10(3)19)9(2)17(16-8)7-11-12(15)5-4-6-13(11)18(20)21/h4-6,10,19H,7H2,1-3H3. The SMILES string of the molecule is Cc1nn(Cc2c(Cl)cccc2[N+](=O)[O-])c(C)c1C(C)O. The summed E-state index contributed by atoms with van der Waals surface area (Å²) in [6, 6.07) is 4.58. The number of nitrogens with zero attached hydrogens (tertiary/aromatic N) is 3. The van der Waals surface area contributed by atoms with Crippen LogP contribution in [-0.4, -0.2) is 19.8 Å². The van der Waals surface area contributed by atoms with Crippen molar-refractivity contribution in [1.82, 2.24) is 9.78 Å². The lowest BCUT2D eigenvalue weighted by atomic mass is 10.1. The molecule has 0 saturated heterocycles. The summed E-state index contributed by atoms with van der Waals surface area (Å²) in [5.74, 6) is 0.